The molecule has 0 aliphatic carbocycles. The van der Waals surface area contributed by atoms with Crippen molar-refractivity contribution in [2.45, 2.75) is 6.54 Å². The van der Waals surface area contributed by atoms with E-state index < -0.39 is 6.09 Å². The first-order valence-corrected chi connectivity index (χ1v) is 4.58. The topological polar surface area (TPSA) is 71.5 Å². The van der Waals surface area contributed by atoms with Crippen LogP contribution in [0.4, 0.5) is 4.79 Å². The Kier molecular flexibility index (Phi) is 3.70. The number of carboxylic acid groups (broad SMARTS) is 1. The molecule has 1 aromatic heterocycles. The fourth-order valence-electron chi connectivity index (χ4n) is 0.950. The molecule has 76 valence electrons. The van der Waals surface area contributed by atoms with Gasteiger partial charge in [-0.2, -0.15) is 0 Å². The molecule has 0 saturated carbocycles. The maximum Gasteiger partial charge on any atom is 0.404 e. The van der Waals surface area contributed by atoms with Crippen molar-refractivity contribution in [1.29, 1.82) is 0 Å². The van der Waals surface area contributed by atoms with Crippen LogP contribution < -0.4 is 10.1 Å². The van der Waals surface area contributed by atoms with Crippen LogP contribution in [0.5, 0.6) is 5.88 Å². The van der Waals surface area contributed by atoms with Crippen LogP contribution in [0.1, 0.15) is 5.56 Å². The summed E-state index contributed by atoms with van der Waals surface area (Å²) >= 11 is 3.24. The van der Waals surface area contributed by atoms with Crippen molar-refractivity contribution in [1.82, 2.24) is 10.3 Å². The van der Waals surface area contributed by atoms with Crippen molar-refractivity contribution in [2.75, 3.05) is 7.11 Å². The summed E-state index contributed by atoms with van der Waals surface area (Å²) in [6.45, 7) is 0.172. The number of nitrogens with one attached hydrogen (secondary N) is 1. The third-order valence-corrected chi connectivity index (χ3v) is 1.95. The van der Waals surface area contributed by atoms with Crippen LogP contribution in [0.15, 0.2) is 16.7 Å². The van der Waals surface area contributed by atoms with E-state index in [9.17, 15) is 4.79 Å². The summed E-state index contributed by atoms with van der Waals surface area (Å²) in [5, 5.41) is 10.7. The summed E-state index contributed by atoms with van der Waals surface area (Å²) < 4.78 is 5.75. The minimum atomic E-state index is -1.08. The van der Waals surface area contributed by atoms with E-state index in [0.717, 1.165) is 4.47 Å². The largest absolute Gasteiger partial charge is 0.481 e. The zero-order valence-electron chi connectivity index (χ0n) is 7.45. The van der Waals surface area contributed by atoms with Gasteiger partial charge in [-0.1, -0.05) is 0 Å². The van der Waals surface area contributed by atoms with Gasteiger partial charge in [0.15, 0.2) is 0 Å². The van der Waals surface area contributed by atoms with E-state index in [-0.39, 0.29) is 6.54 Å². The lowest BCUT2D eigenvalue weighted by atomic mass is 10.3. The van der Waals surface area contributed by atoms with Crippen molar-refractivity contribution in [3.8, 4) is 5.88 Å². The number of halogens is 1. The van der Waals surface area contributed by atoms with Gasteiger partial charge in [0.1, 0.15) is 0 Å². The predicted molar refractivity (Wildman–Crippen MR) is 53.4 cm³/mol. The fraction of sp³-hybridized carbons (Fsp3) is 0.250. The summed E-state index contributed by atoms with van der Waals surface area (Å²) in [6.07, 6.45) is 0.510. The Labute approximate surface area is 89.2 Å². The summed E-state index contributed by atoms with van der Waals surface area (Å²) in [7, 11) is 1.49. The number of aromatic nitrogens is 1. The molecule has 0 fully saturated rings. The molecule has 0 unspecified atom stereocenters. The van der Waals surface area contributed by atoms with E-state index in [1.165, 1.54) is 7.11 Å². The van der Waals surface area contributed by atoms with Gasteiger partial charge in [-0.05, 0) is 22.0 Å². The normalized spacial score (nSPS) is 9.57. The molecule has 1 amide bonds. The first-order chi connectivity index (χ1) is 6.63. The Balaban J connectivity index is 2.82. The smallest absolute Gasteiger partial charge is 0.404 e. The highest BCUT2D eigenvalue weighted by Crippen LogP contribution is 2.19. The highest BCUT2D eigenvalue weighted by molar-refractivity contribution is 9.10. The van der Waals surface area contributed by atoms with Crippen LogP contribution in [-0.2, 0) is 6.54 Å². The second-order valence-electron chi connectivity index (χ2n) is 2.48. The number of pyridine rings is 1. The third-order valence-electron chi connectivity index (χ3n) is 1.52. The van der Waals surface area contributed by atoms with Gasteiger partial charge < -0.3 is 15.2 Å². The lowest BCUT2D eigenvalue weighted by molar-refractivity contribution is 0.194. The average molecular weight is 261 g/mol. The van der Waals surface area contributed by atoms with Crippen molar-refractivity contribution in [3.05, 3.63) is 22.3 Å². The van der Waals surface area contributed by atoms with Gasteiger partial charge in [0, 0.05) is 16.2 Å². The molecule has 1 heterocycles. The molecular formula is C8H9BrN2O3. The minimum Gasteiger partial charge on any atom is -0.481 e. The SMILES string of the molecule is COc1ncc(Br)cc1CNC(=O)O. The summed E-state index contributed by atoms with van der Waals surface area (Å²) in [5.41, 5.74) is 0.685. The molecule has 0 spiro atoms. The number of hydrogen-bond acceptors (Lipinski definition) is 3. The number of ether oxygens (including phenoxy) is 1. The Hall–Kier alpha value is -1.30. The molecule has 0 bridgehead atoms. The lowest BCUT2D eigenvalue weighted by Gasteiger charge is -2.07. The summed E-state index contributed by atoms with van der Waals surface area (Å²) in [5.74, 6) is 0.418. The maximum atomic E-state index is 10.3. The first kappa shape index (κ1) is 10.8. The molecule has 2 N–H and O–H groups in total. The standard InChI is InChI=1S/C8H9BrN2O3/c1-14-7-5(3-11-8(12)13)2-6(9)4-10-7/h2,4,11H,3H2,1H3,(H,12,13). The Morgan fingerprint density at radius 3 is 3.07 bits per heavy atom. The first-order valence-electron chi connectivity index (χ1n) is 3.78. The van der Waals surface area contributed by atoms with E-state index in [4.69, 9.17) is 9.84 Å². The van der Waals surface area contributed by atoms with Crippen molar-refractivity contribution >= 4 is 22.0 Å². The predicted octanol–water partition coefficient (Wildman–Crippen LogP) is 1.62. The number of hydrogen-bond donors (Lipinski definition) is 2. The highest BCUT2D eigenvalue weighted by atomic mass is 79.9. The van der Waals surface area contributed by atoms with Crippen molar-refractivity contribution < 1.29 is 14.6 Å². The average Bonchev–Trinajstić information content (AvgIpc) is 2.15. The van der Waals surface area contributed by atoms with Gasteiger partial charge in [-0.15, -0.1) is 0 Å². The van der Waals surface area contributed by atoms with Crippen LogP contribution in [-0.4, -0.2) is 23.3 Å². The number of rotatable bonds is 3. The number of carbonyl (C=O) groups is 1. The Morgan fingerprint density at radius 2 is 2.50 bits per heavy atom. The molecule has 0 saturated heterocycles. The Morgan fingerprint density at radius 1 is 1.79 bits per heavy atom. The third kappa shape index (κ3) is 2.88. The van der Waals surface area contributed by atoms with Crippen molar-refractivity contribution in [3.63, 3.8) is 0 Å². The van der Waals surface area contributed by atoms with E-state index in [0.29, 0.717) is 11.4 Å². The van der Waals surface area contributed by atoms with Crippen LogP contribution >= 0.6 is 15.9 Å². The molecule has 5 nitrogen and oxygen atoms in total. The summed E-state index contributed by atoms with van der Waals surface area (Å²) in [4.78, 5) is 14.2. The number of amides is 1. The monoisotopic (exact) mass is 260 g/mol. The molecule has 0 aliphatic rings. The zero-order valence-corrected chi connectivity index (χ0v) is 9.04. The van der Waals surface area contributed by atoms with Crippen LogP contribution in [0.25, 0.3) is 0 Å². The number of methoxy groups -OCH3 is 1. The molecule has 1 rings (SSSR count). The second-order valence-corrected chi connectivity index (χ2v) is 3.40. The van der Waals surface area contributed by atoms with Gasteiger partial charge in [-0.25, -0.2) is 9.78 Å². The van der Waals surface area contributed by atoms with E-state index in [2.05, 4.69) is 26.2 Å². The van der Waals surface area contributed by atoms with Crippen LogP contribution in [0, 0.1) is 0 Å². The highest BCUT2D eigenvalue weighted by Gasteiger charge is 2.06. The van der Waals surface area contributed by atoms with Gasteiger partial charge in [0.05, 0.1) is 13.7 Å². The van der Waals surface area contributed by atoms with Crippen molar-refractivity contribution in [2.24, 2.45) is 0 Å². The molecule has 0 aliphatic heterocycles. The maximum absolute atomic E-state index is 10.3. The lowest BCUT2D eigenvalue weighted by Crippen LogP contribution is -2.20. The molecule has 0 aromatic carbocycles. The molecule has 1 aromatic rings. The van der Waals surface area contributed by atoms with Gasteiger partial charge in [0.25, 0.3) is 0 Å². The van der Waals surface area contributed by atoms with E-state index >= 15 is 0 Å². The quantitative estimate of drug-likeness (QED) is 0.867. The zero-order chi connectivity index (χ0) is 10.6. The van der Waals surface area contributed by atoms with Gasteiger partial charge in [-0.3, -0.25) is 0 Å². The van der Waals surface area contributed by atoms with Crippen LogP contribution in [0.2, 0.25) is 0 Å². The minimum absolute atomic E-state index is 0.172. The summed E-state index contributed by atoms with van der Waals surface area (Å²) in [6, 6.07) is 1.75. The molecule has 6 heteroatoms. The molecular weight excluding hydrogens is 252 g/mol. The second kappa shape index (κ2) is 4.80. The van der Waals surface area contributed by atoms with E-state index in [1.54, 1.807) is 12.3 Å². The fourth-order valence-corrected chi connectivity index (χ4v) is 1.33. The Bertz CT molecular complexity index is 343. The molecule has 0 atom stereocenters. The van der Waals surface area contributed by atoms with Gasteiger partial charge >= 0.3 is 6.09 Å². The van der Waals surface area contributed by atoms with Crippen LogP contribution in [0.3, 0.4) is 0 Å². The number of nitrogens with zero attached hydrogens (tertiary/aromatic N) is 1. The van der Waals surface area contributed by atoms with Gasteiger partial charge in [0.2, 0.25) is 5.88 Å². The van der Waals surface area contributed by atoms with E-state index in [1.807, 2.05) is 0 Å². The molecule has 0 radical (unpaired) electrons. The molecule has 14 heavy (non-hydrogen) atoms.